The van der Waals surface area contributed by atoms with Gasteiger partial charge in [0.2, 0.25) is 0 Å². The first-order valence-corrected chi connectivity index (χ1v) is 4.86. The summed E-state index contributed by atoms with van der Waals surface area (Å²) in [4.78, 5) is 10.9. The summed E-state index contributed by atoms with van der Waals surface area (Å²) >= 11 is 0. The van der Waals surface area contributed by atoms with Gasteiger partial charge in [-0.1, -0.05) is 24.3 Å². The summed E-state index contributed by atoms with van der Waals surface area (Å²) in [6.07, 6.45) is 4.48. The van der Waals surface area contributed by atoms with Crippen LogP contribution < -0.4 is 5.73 Å². The average Bonchev–Trinajstić information content (AvgIpc) is 2.20. The minimum atomic E-state index is -0.897. The van der Waals surface area contributed by atoms with E-state index < -0.39 is 5.97 Å². The van der Waals surface area contributed by atoms with E-state index in [1.165, 1.54) is 0 Å². The fourth-order valence-electron chi connectivity index (χ4n) is 1.39. The lowest BCUT2D eigenvalue weighted by atomic mass is 10.0. The number of hydrogen-bond donors (Lipinski definition) is 2. The first kappa shape index (κ1) is 11.5. The number of hydrogen-bond acceptors (Lipinski definition) is 2. The van der Waals surface area contributed by atoms with Crippen LogP contribution in [0.25, 0.3) is 6.08 Å². The lowest BCUT2D eigenvalue weighted by Gasteiger charge is -2.04. The zero-order valence-corrected chi connectivity index (χ0v) is 8.73. The van der Waals surface area contributed by atoms with E-state index in [-0.39, 0.29) is 0 Å². The Morgan fingerprint density at radius 1 is 1.53 bits per heavy atom. The molecule has 0 aliphatic rings. The van der Waals surface area contributed by atoms with Gasteiger partial charge in [-0.15, -0.1) is 0 Å². The summed E-state index contributed by atoms with van der Waals surface area (Å²) in [5, 5.41) is 8.99. The molecule has 0 atom stereocenters. The van der Waals surface area contributed by atoms with Gasteiger partial charge >= 0.3 is 5.97 Å². The molecule has 0 spiro atoms. The molecule has 15 heavy (non-hydrogen) atoms. The highest BCUT2D eigenvalue weighted by atomic mass is 16.4. The summed E-state index contributed by atoms with van der Waals surface area (Å²) in [7, 11) is 0. The molecule has 0 amide bonds. The molecule has 3 N–H and O–H groups in total. The molecule has 0 aliphatic heterocycles. The van der Waals surface area contributed by atoms with Crippen molar-refractivity contribution in [2.24, 2.45) is 5.73 Å². The quantitative estimate of drug-likeness (QED) is 0.790. The van der Waals surface area contributed by atoms with Crippen molar-refractivity contribution < 1.29 is 9.90 Å². The predicted molar refractivity (Wildman–Crippen MR) is 60.8 cm³/mol. The third-order valence-electron chi connectivity index (χ3n) is 2.17. The van der Waals surface area contributed by atoms with Crippen LogP contribution in [0.5, 0.6) is 0 Å². The van der Waals surface area contributed by atoms with Gasteiger partial charge in [0.15, 0.2) is 0 Å². The SMILES string of the molecule is Cc1cccc(C(=O)O)c1C=CCCN. The maximum absolute atomic E-state index is 10.9. The Labute approximate surface area is 89.2 Å². The molecular formula is C12H15NO2. The maximum atomic E-state index is 10.9. The molecule has 0 fully saturated rings. The molecule has 0 aliphatic carbocycles. The van der Waals surface area contributed by atoms with E-state index in [1.54, 1.807) is 12.1 Å². The summed E-state index contributed by atoms with van der Waals surface area (Å²) < 4.78 is 0. The fraction of sp³-hybridized carbons (Fsp3) is 0.250. The minimum Gasteiger partial charge on any atom is -0.478 e. The van der Waals surface area contributed by atoms with Gasteiger partial charge in [0.05, 0.1) is 5.56 Å². The van der Waals surface area contributed by atoms with Gasteiger partial charge in [0.1, 0.15) is 0 Å². The van der Waals surface area contributed by atoms with E-state index in [0.29, 0.717) is 12.1 Å². The van der Waals surface area contributed by atoms with Crippen molar-refractivity contribution in [2.75, 3.05) is 6.54 Å². The van der Waals surface area contributed by atoms with E-state index >= 15 is 0 Å². The number of carboxylic acids is 1. The third-order valence-corrected chi connectivity index (χ3v) is 2.17. The van der Waals surface area contributed by atoms with Gasteiger partial charge in [-0.2, -0.15) is 0 Å². The van der Waals surface area contributed by atoms with Gasteiger partial charge in [0.25, 0.3) is 0 Å². The van der Waals surface area contributed by atoms with E-state index in [0.717, 1.165) is 17.5 Å². The molecule has 0 saturated heterocycles. The Morgan fingerprint density at radius 2 is 2.27 bits per heavy atom. The second-order valence-corrected chi connectivity index (χ2v) is 3.32. The molecule has 0 heterocycles. The maximum Gasteiger partial charge on any atom is 0.336 e. The Kier molecular flexibility index (Phi) is 4.06. The van der Waals surface area contributed by atoms with Crippen molar-refractivity contribution in [2.45, 2.75) is 13.3 Å². The lowest BCUT2D eigenvalue weighted by molar-refractivity contribution is 0.0696. The highest BCUT2D eigenvalue weighted by molar-refractivity contribution is 5.92. The molecule has 0 bridgehead atoms. The molecule has 0 radical (unpaired) electrons. The van der Waals surface area contributed by atoms with E-state index in [9.17, 15) is 4.79 Å². The standard InChI is InChI=1S/C12H15NO2/c1-9-5-4-7-11(12(14)15)10(9)6-2-3-8-13/h2,4-7H,3,8,13H2,1H3,(H,14,15). The van der Waals surface area contributed by atoms with Crippen LogP contribution in [0.15, 0.2) is 24.3 Å². The largest absolute Gasteiger partial charge is 0.478 e. The van der Waals surface area contributed by atoms with Crippen LogP contribution in [-0.2, 0) is 0 Å². The monoisotopic (exact) mass is 205 g/mol. The van der Waals surface area contributed by atoms with Crippen molar-refractivity contribution in [3.63, 3.8) is 0 Å². The summed E-state index contributed by atoms with van der Waals surface area (Å²) in [5.41, 5.74) is 7.42. The molecule has 1 rings (SSSR count). The van der Waals surface area contributed by atoms with Crippen LogP contribution >= 0.6 is 0 Å². The van der Waals surface area contributed by atoms with Crippen molar-refractivity contribution in [3.05, 3.63) is 41.0 Å². The zero-order chi connectivity index (χ0) is 11.3. The molecule has 0 saturated carbocycles. The Hall–Kier alpha value is -1.61. The first-order valence-electron chi connectivity index (χ1n) is 4.86. The molecule has 1 aromatic carbocycles. The first-order chi connectivity index (χ1) is 7.16. The predicted octanol–water partition coefficient (Wildman–Crippen LogP) is 2.06. The van der Waals surface area contributed by atoms with Crippen LogP contribution in [0.4, 0.5) is 0 Å². The number of nitrogens with two attached hydrogens (primary N) is 1. The van der Waals surface area contributed by atoms with Gasteiger partial charge in [-0.3, -0.25) is 0 Å². The van der Waals surface area contributed by atoms with Crippen LogP contribution in [0.1, 0.15) is 27.9 Å². The summed E-state index contributed by atoms with van der Waals surface area (Å²) in [5.74, 6) is -0.897. The number of aryl methyl sites for hydroxylation is 1. The molecule has 3 heteroatoms. The zero-order valence-electron chi connectivity index (χ0n) is 8.73. The van der Waals surface area contributed by atoms with Crippen molar-refractivity contribution in [1.82, 2.24) is 0 Å². The second-order valence-electron chi connectivity index (χ2n) is 3.32. The van der Waals surface area contributed by atoms with Crippen LogP contribution in [0.2, 0.25) is 0 Å². The Balaban J connectivity index is 3.07. The average molecular weight is 205 g/mol. The van der Waals surface area contributed by atoms with Gasteiger partial charge < -0.3 is 10.8 Å². The van der Waals surface area contributed by atoms with E-state index in [1.807, 2.05) is 25.1 Å². The lowest BCUT2D eigenvalue weighted by Crippen LogP contribution is -2.01. The molecular weight excluding hydrogens is 190 g/mol. The topological polar surface area (TPSA) is 63.3 Å². The number of rotatable bonds is 4. The third kappa shape index (κ3) is 2.92. The number of benzene rings is 1. The second kappa shape index (κ2) is 5.32. The number of carbonyl (C=O) groups is 1. The van der Waals surface area contributed by atoms with E-state index in [4.69, 9.17) is 10.8 Å². The van der Waals surface area contributed by atoms with Crippen LogP contribution in [-0.4, -0.2) is 17.6 Å². The van der Waals surface area contributed by atoms with Gasteiger partial charge in [-0.25, -0.2) is 4.79 Å². The van der Waals surface area contributed by atoms with Crippen molar-refractivity contribution >= 4 is 12.0 Å². The van der Waals surface area contributed by atoms with Crippen LogP contribution in [0.3, 0.4) is 0 Å². The number of aromatic carboxylic acids is 1. The van der Waals surface area contributed by atoms with Crippen molar-refractivity contribution in [1.29, 1.82) is 0 Å². The van der Waals surface area contributed by atoms with Gasteiger partial charge in [0, 0.05) is 0 Å². The fourth-order valence-corrected chi connectivity index (χ4v) is 1.39. The Morgan fingerprint density at radius 3 is 2.87 bits per heavy atom. The minimum absolute atomic E-state index is 0.336. The highest BCUT2D eigenvalue weighted by Gasteiger charge is 2.08. The molecule has 0 unspecified atom stereocenters. The normalized spacial score (nSPS) is 10.8. The Bertz CT molecular complexity index is 383. The highest BCUT2D eigenvalue weighted by Crippen LogP contribution is 2.16. The van der Waals surface area contributed by atoms with Crippen LogP contribution in [0, 0.1) is 6.92 Å². The molecule has 80 valence electrons. The summed E-state index contributed by atoms with van der Waals surface area (Å²) in [6, 6.07) is 5.26. The molecule has 3 nitrogen and oxygen atoms in total. The smallest absolute Gasteiger partial charge is 0.336 e. The van der Waals surface area contributed by atoms with Crippen molar-refractivity contribution in [3.8, 4) is 0 Å². The number of carboxylic acid groups (broad SMARTS) is 1. The van der Waals surface area contributed by atoms with E-state index in [2.05, 4.69) is 0 Å². The molecule has 1 aromatic rings. The van der Waals surface area contributed by atoms with Gasteiger partial charge in [-0.05, 0) is 37.1 Å². The summed E-state index contributed by atoms with van der Waals surface area (Å²) in [6.45, 7) is 2.47. The molecule has 0 aromatic heterocycles.